The van der Waals surface area contributed by atoms with Crippen molar-refractivity contribution >= 4 is 11.8 Å². The molecule has 0 spiro atoms. The molecule has 0 aromatic rings. The first-order chi connectivity index (χ1) is 19.4. The number of piperidine rings is 2. The maximum absolute atomic E-state index is 14.2. The number of nitrogens with two attached hydrogens (primary N) is 1. The van der Waals surface area contributed by atoms with Crippen molar-refractivity contribution in [3.63, 3.8) is 0 Å². The van der Waals surface area contributed by atoms with Crippen LogP contribution in [0.1, 0.15) is 71.1 Å². The molecule has 3 aliphatic carbocycles. The quantitative estimate of drug-likeness (QED) is 0.465. The summed E-state index contributed by atoms with van der Waals surface area (Å²) in [4.78, 5) is 29.5. The second-order valence-corrected chi connectivity index (χ2v) is 13.6. The molecule has 40 heavy (non-hydrogen) atoms. The molecule has 3 saturated carbocycles. The van der Waals surface area contributed by atoms with Gasteiger partial charge in [0.25, 0.3) is 0 Å². The summed E-state index contributed by atoms with van der Waals surface area (Å²) in [6.45, 7) is 3.76. The highest BCUT2D eigenvalue weighted by atomic mass is 16.5. The van der Waals surface area contributed by atoms with Gasteiger partial charge in [-0.25, -0.2) is 0 Å². The van der Waals surface area contributed by atoms with Crippen molar-refractivity contribution in [2.45, 2.75) is 120 Å². The number of fused-ring (bicyclic) bond motifs is 5. The average molecular weight is 563 g/mol. The molecule has 9 nitrogen and oxygen atoms in total. The standard InChI is InChI=1S/C31H51N3O6/c1-17(30(35)33-16-18-5-7-19(37-2)8-6-18)40-20-9-11-24-23(15-20)21-13-14-32-27-22-10-12-25(38-3)29(39-4)26(22)31(36)34(24)28(21)27/h17-29,32H,5-16H2,1-4H3,(H,33,35)/p+1/t17-,18?,19?,20?,21?,22?,23?,24?,25?,26?,27?,28?,29?/m1/s1. The van der Waals surface area contributed by atoms with Gasteiger partial charge in [-0.15, -0.1) is 0 Å². The van der Waals surface area contributed by atoms with Gasteiger partial charge < -0.3 is 34.5 Å². The fraction of sp³-hybridized carbons (Fsp3) is 0.935. The predicted molar refractivity (Wildman–Crippen MR) is 148 cm³/mol. The van der Waals surface area contributed by atoms with E-state index in [1.807, 2.05) is 6.92 Å². The number of hydrogen-bond acceptors (Lipinski definition) is 6. The van der Waals surface area contributed by atoms with Crippen molar-refractivity contribution in [1.82, 2.24) is 10.2 Å². The van der Waals surface area contributed by atoms with Crippen LogP contribution in [0, 0.1) is 29.6 Å². The summed E-state index contributed by atoms with van der Waals surface area (Å²) < 4.78 is 23.7. The summed E-state index contributed by atoms with van der Waals surface area (Å²) in [7, 11) is 5.28. The number of nitrogens with one attached hydrogen (secondary N) is 1. The third-order valence-corrected chi connectivity index (χ3v) is 11.8. The lowest BCUT2D eigenvalue weighted by molar-refractivity contribution is -0.713. The van der Waals surface area contributed by atoms with E-state index in [0.29, 0.717) is 47.8 Å². The Morgan fingerprint density at radius 1 is 0.925 bits per heavy atom. The maximum Gasteiger partial charge on any atom is 0.248 e. The molecule has 6 rings (SSSR count). The molecular formula is C31H52N3O6+. The minimum Gasteiger partial charge on any atom is -0.381 e. The largest absolute Gasteiger partial charge is 0.381 e. The maximum atomic E-state index is 14.2. The van der Waals surface area contributed by atoms with Gasteiger partial charge in [0.05, 0.1) is 42.9 Å². The second-order valence-electron chi connectivity index (χ2n) is 13.6. The summed E-state index contributed by atoms with van der Waals surface area (Å²) in [6, 6.07) is 1.05. The highest BCUT2D eigenvalue weighted by Gasteiger charge is 2.66. The highest BCUT2D eigenvalue weighted by molar-refractivity contribution is 5.82. The Kier molecular flexibility index (Phi) is 8.76. The van der Waals surface area contributed by atoms with Crippen molar-refractivity contribution in [2.75, 3.05) is 34.4 Å². The molecule has 6 fully saturated rings. The molecule has 226 valence electrons. The molecule has 10 unspecified atom stereocenters. The van der Waals surface area contributed by atoms with E-state index in [1.165, 1.54) is 0 Å². The molecule has 3 N–H and O–H groups in total. The van der Waals surface area contributed by atoms with Crippen molar-refractivity contribution in [3.05, 3.63) is 0 Å². The van der Waals surface area contributed by atoms with Crippen molar-refractivity contribution < 1.29 is 33.9 Å². The number of rotatable bonds is 8. The van der Waals surface area contributed by atoms with Crippen LogP contribution < -0.4 is 10.6 Å². The van der Waals surface area contributed by atoms with Crippen LogP contribution in [0.4, 0.5) is 0 Å². The number of amides is 2. The minimum absolute atomic E-state index is 0.00437. The van der Waals surface area contributed by atoms with E-state index < -0.39 is 6.10 Å². The van der Waals surface area contributed by atoms with E-state index in [4.69, 9.17) is 18.9 Å². The Bertz CT molecular complexity index is 912. The molecular weight excluding hydrogens is 510 g/mol. The van der Waals surface area contributed by atoms with Gasteiger partial charge >= 0.3 is 0 Å². The zero-order valence-electron chi connectivity index (χ0n) is 25.0. The summed E-state index contributed by atoms with van der Waals surface area (Å²) in [6.07, 6.45) is 10.2. The van der Waals surface area contributed by atoms with Gasteiger partial charge in [-0.3, -0.25) is 9.59 Å². The molecule has 3 aliphatic heterocycles. The molecule has 0 radical (unpaired) electrons. The van der Waals surface area contributed by atoms with E-state index >= 15 is 0 Å². The Balaban J connectivity index is 1.08. The Hall–Kier alpha value is -1.26. The molecule has 0 aromatic carbocycles. The lowest BCUT2D eigenvalue weighted by atomic mass is 9.64. The summed E-state index contributed by atoms with van der Waals surface area (Å²) >= 11 is 0. The summed E-state index contributed by atoms with van der Waals surface area (Å²) in [5.41, 5.74) is 0. The molecule has 0 bridgehead atoms. The zero-order valence-corrected chi connectivity index (χ0v) is 25.0. The van der Waals surface area contributed by atoms with Crippen LogP contribution >= 0.6 is 0 Å². The van der Waals surface area contributed by atoms with Gasteiger partial charge in [-0.05, 0) is 82.5 Å². The first-order valence-corrected chi connectivity index (χ1v) is 16.1. The SMILES string of the molecule is COC1CCC(CNC(=O)[C@@H](C)OC2CCC3C(C2)C2CC[NH2+]C4C5CCC(OC)C(OC)C5C(=O)N3C24)CC1. The second kappa shape index (κ2) is 12.2. The van der Waals surface area contributed by atoms with E-state index in [-0.39, 0.29) is 36.2 Å². The molecule has 3 saturated heterocycles. The summed E-state index contributed by atoms with van der Waals surface area (Å²) in [5, 5.41) is 5.70. The fourth-order valence-electron chi connectivity index (χ4n) is 9.94. The zero-order chi connectivity index (χ0) is 28.0. The van der Waals surface area contributed by atoms with Crippen LogP contribution in [0.15, 0.2) is 0 Å². The molecule has 9 heteroatoms. The van der Waals surface area contributed by atoms with Crippen LogP contribution in [0.2, 0.25) is 0 Å². The normalized spacial score (nSPS) is 45.3. The van der Waals surface area contributed by atoms with Crippen LogP contribution in [0.25, 0.3) is 0 Å². The molecule has 2 amide bonds. The molecule has 3 heterocycles. The third-order valence-electron chi connectivity index (χ3n) is 11.8. The summed E-state index contributed by atoms with van der Waals surface area (Å²) in [5.74, 6) is 2.07. The molecule has 0 aromatic heterocycles. The van der Waals surface area contributed by atoms with E-state index in [0.717, 1.165) is 77.3 Å². The Labute approximate surface area is 239 Å². The monoisotopic (exact) mass is 562 g/mol. The number of hydrogen-bond donors (Lipinski definition) is 2. The third kappa shape index (κ3) is 5.12. The van der Waals surface area contributed by atoms with Crippen LogP contribution in [0.3, 0.4) is 0 Å². The number of ether oxygens (including phenoxy) is 4. The predicted octanol–water partition coefficient (Wildman–Crippen LogP) is 1.48. The van der Waals surface area contributed by atoms with E-state index in [2.05, 4.69) is 15.5 Å². The topological polar surface area (TPSA) is 103 Å². The smallest absolute Gasteiger partial charge is 0.248 e. The van der Waals surface area contributed by atoms with Gasteiger partial charge in [0, 0.05) is 46.3 Å². The highest BCUT2D eigenvalue weighted by Crippen LogP contribution is 2.53. The number of methoxy groups -OCH3 is 3. The van der Waals surface area contributed by atoms with E-state index in [9.17, 15) is 9.59 Å². The van der Waals surface area contributed by atoms with Gasteiger partial charge in [0.2, 0.25) is 11.8 Å². The lowest BCUT2D eigenvalue weighted by Crippen LogP contribution is -2.99. The van der Waals surface area contributed by atoms with Crippen LogP contribution in [0.5, 0.6) is 0 Å². The lowest BCUT2D eigenvalue weighted by Gasteiger charge is -2.53. The van der Waals surface area contributed by atoms with Crippen molar-refractivity contribution in [2.24, 2.45) is 29.6 Å². The number of nitrogens with zero attached hydrogens (tertiary/aromatic N) is 1. The molecule has 6 aliphatic rings. The first kappa shape index (κ1) is 28.8. The van der Waals surface area contributed by atoms with Gasteiger partial charge in [0.1, 0.15) is 12.1 Å². The average Bonchev–Trinajstić information content (AvgIpc) is 3.32. The fourth-order valence-corrected chi connectivity index (χ4v) is 9.94. The minimum atomic E-state index is -0.453. The van der Waals surface area contributed by atoms with Crippen LogP contribution in [-0.4, -0.2) is 99.8 Å². The number of carbonyl (C=O) groups is 2. The number of carbonyl (C=O) groups excluding carboxylic acids is 2. The first-order valence-electron chi connectivity index (χ1n) is 16.1. The Morgan fingerprint density at radius 3 is 2.42 bits per heavy atom. The van der Waals surface area contributed by atoms with E-state index in [1.54, 1.807) is 21.3 Å². The van der Waals surface area contributed by atoms with Crippen molar-refractivity contribution in [1.29, 1.82) is 0 Å². The van der Waals surface area contributed by atoms with Crippen molar-refractivity contribution in [3.8, 4) is 0 Å². The van der Waals surface area contributed by atoms with Crippen LogP contribution in [-0.2, 0) is 28.5 Å². The van der Waals surface area contributed by atoms with Gasteiger partial charge in [-0.2, -0.15) is 0 Å². The Morgan fingerprint density at radius 2 is 1.70 bits per heavy atom. The number of quaternary nitrogens is 1. The molecule has 11 atom stereocenters. The van der Waals surface area contributed by atoms with Gasteiger partial charge in [0.15, 0.2) is 0 Å². The van der Waals surface area contributed by atoms with Gasteiger partial charge in [-0.1, -0.05) is 0 Å².